The van der Waals surface area contributed by atoms with Crippen molar-refractivity contribution in [3.05, 3.63) is 46.9 Å². The van der Waals surface area contributed by atoms with Gasteiger partial charge in [0.15, 0.2) is 6.29 Å². The number of benzene rings is 1. The van der Waals surface area contributed by atoms with Gasteiger partial charge in [-0.05, 0) is 19.4 Å². The van der Waals surface area contributed by atoms with E-state index in [1.54, 1.807) is 7.05 Å². The number of rotatable bonds is 8. The lowest BCUT2D eigenvalue weighted by atomic mass is 10.1. The van der Waals surface area contributed by atoms with Crippen molar-refractivity contribution in [3.63, 3.8) is 0 Å². The molecule has 0 aromatic heterocycles. The fourth-order valence-corrected chi connectivity index (χ4v) is 2.21. The van der Waals surface area contributed by atoms with Crippen LogP contribution in [-0.4, -0.2) is 55.1 Å². The molecule has 5 nitrogen and oxygen atoms in total. The second-order valence-corrected chi connectivity index (χ2v) is 5.40. The first-order valence-corrected chi connectivity index (χ1v) is 7.30. The Morgan fingerprint density at radius 1 is 1.05 bits per heavy atom. The Balaban J connectivity index is 3.12. The zero-order valence-electron chi connectivity index (χ0n) is 14.0. The van der Waals surface area contributed by atoms with Gasteiger partial charge in [0.2, 0.25) is 6.41 Å². The number of carbonyl (C=O) groups excluding carboxylic acids is 2. The first-order valence-electron chi connectivity index (χ1n) is 7.30. The summed E-state index contributed by atoms with van der Waals surface area (Å²) < 4.78 is 0. The average molecular weight is 303 g/mol. The lowest BCUT2D eigenvalue weighted by Crippen LogP contribution is -2.35. The highest BCUT2D eigenvalue weighted by Crippen LogP contribution is 2.16. The summed E-state index contributed by atoms with van der Waals surface area (Å²) in [6.45, 7) is 5.31. The van der Waals surface area contributed by atoms with Crippen LogP contribution in [0.1, 0.15) is 18.1 Å². The number of amides is 1. The molecule has 0 atom stereocenters. The summed E-state index contributed by atoms with van der Waals surface area (Å²) in [5.74, 6) is 0.599. The van der Waals surface area contributed by atoms with E-state index in [9.17, 15) is 9.59 Å². The van der Waals surface area contributed by atoms with Gasteiger partial charge >= 0.3 is 0 Å². The highest BCUT2D eigenvalue weighted by molar-refractivity contribution is 5.74. The molecular formula is C17H25N3O2. The molecule has 0 spiro atoms. The summed E-state index contributed by atoms with van der Waals surface area (Å²) >= 11 is 0. The molecule has 0 saturated heterocycles. The van der Waals surface area contributed by atoms with Gasteiger partial charge in [-0.2, -0.15) is 0 Å². The minimum absolute atomic E-state index is 0.486. The third kappa shape index (κ3) is 4.35. The lowest BCUT2D eigenvalue weighted by Gasteiger charge is -2.31. The number of allylic oxidation sites excluding steroid dienone is 1. The molecule has 0 aliphatic heterocycles. The van der Waals surface area contributed by atoms with Crippen LogP contribution in [0.3, 0.4) is 0 Å². The van der Waals surface area contributed by atoms with Crippen molar-refractivity contribution in [1.29, 1.82) is 0 Å². The van der Waals surface area contributed by atoms with Crippen LogP contribution in [0.4, 0.5) is 0 Å². The van der Waals surface area contributed by atoms with Crippen molar-refractivity contribution >= 4 is 12.7 Å². The number of carbonyl (C=O) groups is 2. The van der Waals surface area contributed by atoms with Crippen molar-refractivity contribution in [1.82, 2.24) is 14.7 Å². The van der Waals surface area contributed by atoms with Crippen molar-refractivity contribution in [2.24, 2.45) is 0 Å². The average Bonchev–Trinajstić information content (AvgIpc) is 2.53. The van der Waals surface area contributed by atoms with E-state index in [-0.39, 0.29) is 0 Å². The van der Waals surface area contributed by atoms with Crippen LogP contribution in [0.5, 0.6) is 0 Å². The number of aryl methyl sites for hydroxylation is 1. The van der Waals surface area contributed by atoms with E-state index in [1.165, 1.54) is 10.5 Å². The number of hydrogen-bond donors (Lipinski definition) is 0. The van der Waals surface area contributed by atoms with Gasteiger partial charge in [0, 0.05) is 34.2 Å². The highest BCUT2D eigenvalue weighted by atomic mass is 16.1. The van der Waals surface area contributed by atoms with Gasteiger partial charge in [0.05, 0.1) is 0 Å². The molecule has 0 aliphatic rings. The molecule has 5 heteroatoms. The smallest absolute Gasteiger partial charge is 0.215 e. The van der Waals surface area contributed by atoms with Gasteiger partial charge in [-0.25, -0.2) is 0 Å². The Kier molecular flexibility index (Phi) is 6.63. The number of likely N-dealkylation sites (N-methyl/N-ethyl adjacent to an activating group) is 1. The molecule has 0 radical (unpaired) electrons. The normalized spacial score (nSPS) is 11.5. The maximum Gasteiger partial charge on any atom is 0.215 e. The standard InChI is InChI=1S/C17H25N3O2/c1-6-18(3)17(20(5)13-22)16(12-21)19(4)11-15-9-7-14(2)8-10-15/h7-10,12-13H,6,11H2,1-5H3/b17-16+. The van der Waals surface area contributed by atoms with Crippen molar-refractivity contribution < 1.29 is 9.59 Å². The van der Waals surface area contributed by atoms with E-state index < -0.39 is 0 Å². The zero-order chi connectivity index (χ0) is 16.7. The molecule has 1 aromatic carbocycles. The van der Waals surface area contributed by atoms with Gasteiger partial charge in [0.25, 0.3) is 0 Å². The van der Waals surface area contributed by atoms with E-state index in [2.05, 4.69) is 0 Å². The van der Waals surface area contributed by atoms with Crippen LogP contribution in [-0.2, 0) is 16.1 Å². The molecule has 0 unspecified atom stereocenters. The van der Waals surface area contributed by atoms with E-state index >= 15 is 0 Å². The molecule has 0 saturated carbocycles. The first kappa shape index (κ1) is 17.8. The minimum atomic E-state index is 0.486. The summed E-state index contributed by atoms with van der Waals surface area (Å²) in [6, 6.07) is 8.18. The molecule has 1 amide bonds. The number of hydrogen-bond acceptors (Lipinski definition) is 4. The Morgan fingerprint density at radius 2 is 1.64 bits per heavy atom. The summed E-state index contributed by atoms with van der Waals surface area (Å²) in [6.07, 6.45) is 1.51. The van der Waals surface area contributed by atoms with Crippen molar-refractivity contribution in [3.8, 4) is 0 Å². The third-order valence-corrected chi connectivity index (χ3v) is 3.62. The van der Waals surface area contributed by atoms with E-state index in [0.29, 0.717) is 31.0 Å². The molecule has 0 heterocycles. The Bertz CT molecular complexity index is 537. The maximum atomic E-state index is 11.6. The molecule has 1 rings (SSSR count). The maximum absolute atomic E-state index is 11.6. The Hall–Kier alpha value is -2.30. The Morgan fingerprint density at radius 3 is 2.09 bits per heavy atom. The van der Waals surface area contributed by atoms with E-state index in [1.807, 2.05) is 62.0 Å². The zero-order valence-corrected chi connectivity index (χ0v) is 14.0. The van der Waals surface area contributed by atoms with Crippen LogP contribution >= 0.6 is 0 Å². The molecule has 0 N–H and O–H groups in total. The summed E-state index contributed by atoms with van der Waals surface area (Å²) in [7, 11) is 5.36. The monoisotopic (exact) mass is 303 g/mol. The SMILES string of the molecule is CCN(C)/C(=C(/C=O)N(C)Cc1ccc(C)cc1)N(C)C=O. The molecular weight excluding hydrogens is 278 g/mol. The predicted octanol–water partition coefficient (Wildman–Crippen LogP) is 1.83. The number of aldehydes is 1. The van der Waals surface area contributed by atoms with E-state index in [0.717, 1.165) is 11.8 Å². The third-order valence-electron chi connectivity index (χ3n) is 3.62. The topological polar surface area (TPSA) is 43.9 Å². The molecule has 22 heavy (non-hydrogen) atoms. The lowest BCUT2D eigenvalue weighted by molar-refractivity contribution is -0.116. The van der Waals surface area contributed by atoms with E-state index in [4.69, 9.17) is 0 Å². The molecule has 120 valence electrons. The largest absolute Gasteiger partial charge is 0.365 e. The summed E-state index contributed by atoms with van der Waals surface area (Å²) in [5, 5.41) is 0. The van der Waals surface area contributed by atoms with Gasteiger partial charge in [-0.3, -0.25) is 9.59 Å². The van der Waals surface area contributed by atoms with Gasteiger partial charge in [-0.1, -0.05) is 29.8 Å². The van der Waals surface area contributed by atoms with Crippen LogP contribution in [0.25, 0.3) is 0 Å². The molecule has 0 bridgehead atoms. The quantitative estimate of drug-likeness (QED) is 0.543. The number of nitrogens with zero attached hydrogens (tertiary/aromatic N) is 3. The predicted molar refractivity (Wildman–Crippen MR) is 87.9 cm³/mol. The molecule has 1 aromatic rings. The molecule has 0 fully saturated rings. The van der Waals surface area contributed by atoms with Crippen molar-refractivity contribution in [2.45, 2.75) is 20.4 Å². The summed E-state index contributed by atoms with van der Waals surface area (Å²) in [5.41, 5.74) is 2.80. The fraction of sp³-hybridized carbons (Fsp3) is 0.412. The highest BCUT2D eigenvalue weighted by Gasteiger charge is 2.18. The van der Waals surface area contributed by atoms with Gasteiger partial charge in [-0.15, -0.1) is 0 Å². The van der Waals surface area contributed by atoms with Gasteiger partial charge < -0.3 is 14.7 Å². The van der Waals surface area contributed by atoms with Crippen LogP contribution in [0.2, 0.25) is 0 Å². The minimum Gasteiger partial charge on any atom is -0.365 e. The first-order chi connectivity index (χ1) is 10.4. The second kappa shape index (κ2) is 8.22. The van der Waals surface area contributed by atoms with Crippen molar-refractivity contribution in [2.75, 3.05) is 27.7 Å². The Labute approximate surface area is 132 Å². The second-order valence-electron chi connectivity index (χ2n) is 5.40. The fourth-order valence-electron chi connectivity index (χ4n) is 2.21. The molecule has 0 aliphatic carbocycles. The summed E-state index contributed by atoms with van der Waals surface area (Å²) in [4.78, 5) is 27.9. The van der Waals surface area contributed by atoms with Crippen LogP contribution in [0, 0.1) is 6.92 Å². The van der Waals surface area contributed by atoms with Crippen LogP contribution in [0.15, 0.2) is 35.8 Å². The van der Waals surface area contributed by atoms with Crippen LogP contribution < -0.4 is 0 Å². The van der Waals surface area contributed by atoms with Gasteiger partial charge in [0.1, 0.15) is 11.5 Å².